The van der Waals surface area contributed by atoms with E-state index in [1.54, 1.807) is 35.3 Å². The van der Waals surface area contributed by atoms with Crippen molar-refractivity contribution < 1.29 is 14.4 Å². The van der Waals surface area contributed by atoms with Crippen LogP contribution < -0.4 is 10.6 Å². The summed E-state index contributed by atoms with van der Waals surface area (Å²) in [6.45, 7) is 5.07. The topological polar surface area (TPSA) is 122 Å². The van der Waals surface area contributed by atoms with Crippen molar-refractivity contribution in [3.05, 3.63) is 71.6 Å². The SMILES string of the molecule is CC(=O)c1cn(CC(=O)N(CC(=O)Nc2ccc(Br)nc2)C(C)C)c2ccc(Nc3cncnc3)cc12. The van der Waals surface area contributed by atoms with E-state index in [1.807, 2.05) is 32.0 Å². The molecule has 2 amide bonds. The Bertz CT molecular complexity index is 1440. The van der Waals surface area contributed by atoms with Gasteiger partial charge in [-0.05, 0) is 67.0 Å². The maximum atomic E-state index is 13.3. The van der Waals surface area contributed by atoms with Crippen LogP contribution in [0.2, 0.25) is 0 Å². The Morgan fingerprint density at radius 2 is 1.76 bits per heavy atom. The van der Waals surface area contributed by atoms with Gasteiger partial charge in [0.25, 0.3) is 0 Å². The lowest BCUT2D eigenvalue weighted by atomic mass is 10.1. The van der Waals surface area contributed by atoms with Gasteiger partial charge in [-0.3, -0.25) is 14.4 Å². The molecular formula is C26H26BrN7O3. The van der Waals surface area contributed by atoms with Gasteiger partial charge in [0.05, 0.1) is 30.0 Å². The van der Waals surface area contributed by atoms with Gasteiger partial charge in [0.2, 0.25) is 11.8 Å². The smallest absolute Gasteiger partial charge is 0.244 e. The molecule has 0 spiro atoms. The molecule has 0 bridgehead atoms. The van der Waals surface area contributed by atoms with Crippen molar-refractivity contribution in [3.8, 4) is 0 Å². The number of fused-ring (bicyclic) bond motifs is 1. The number of ketones is 1. The van der Waals surface area contributed by atoms with Gasteiger partial charge in [0, 0.05) is 34.4 Å². The van der Waals surface area contributed by atoms with Crippen LogP contribution >= 0.6 is 15.9 Å². The fourth-order valence-corrected chi connectivity index (χ4v) is 4.15. The molecule has 0 aliphatic rings. The molecule has 0 saturated carbocycles. The van der Waals surface area contributed by atoms with E-state index in [4.69, 9.17) is 0 Å². The number of aromatic nitrogens is 4. The van der Waals surface area contributed by atoms with E-state index in [2.05, 4.69) is 41.5 Å². The number of pyridine rings is 1. The first kappa shape index (κ1) is 26.0. The molecule has 1 aromatic carbocycles. The Kier molecular flexibility index (Phi) is 7.92. The predicted octanol–water partition coefficient (Wildman–Crippen LogP) is 4.41. The number of carbonyl (C=O) groups excluding carboxylic acids is 3. The minimum atomic E-state index is -0.325. The molecule has 0 unspecified atom stereocenters. The molecule has 37 heavy (non-hydrogen) atoms. The average molecular weight is 564 g/mol. The summed E-state index contributed by atoms with van der Waals surface area (Å²) in [5.74, 6) is -0.678. The highest BCUT2D eigenvalue weighted by molar-refractivity contribution is 9.10. The van der Waals surface area contributed by atoms with Gasteiger partial charge in [0.15, 0.2) is 5.78 Å². The standard InChI is InChI=1S/C26H26BrN7O3/c1-16(2)34(13-25(36)32-19-5-7-24(27)30-11-19)26(37)14-33-12-22(17(3)35)21-8-18(4-6-23(21)33)31-20-9-28-15-29-10-20/h4-12,15-16,31H,13-14H2,1-3H3,(H,32,36). The Hall–Kier alpha value is -4.12. The Labute approximate surface area is 222 Å². The second kappa shape index (κ2) is 11.3. The van der Waals surface area contributed by atoms with E-state index in [9.17, 15) is 14.4 Å². The molecule has 10 nitrogen and oxygen atoms in total. The number of halogens is 1. The van der Waals surface area contributed by atoms with Gasteiger partial charge in [-0.15, -0.1) is 0 Å². The van der Waals surface area contributed by atoms with Crippen LogP contribution in [-0.2, 0) is 16.1 Å². The van der Waals surface area contributed by atoms with E-state index in [0.29, 0.717) is 21.5 Å². The summed E-state index contributed by atoms with van der Waals surface area (Å²) in [7, 11) is 0. The molecule has 0 radical (unpaired) electrons. The van der Waals surface area contributed by atoms with Crippen LogP contribution in [-0.4, -0.2) is 54.6 Å². The van der Waals surface area contributed by atoms with Crippen molar-refractivity contribution in [3.63, 3.8) is 0 Å². The molecule has 0 fully saturated rings. The molecule has 0 aliphatic carbocycles. The van der Waals surface area contributed by atoms with E-state index in [1.165, 1.54) is 24.3 Å². The van der Waals surface area contributed by atoms with Gasteiger partial charge in [-0.2, -0.15) is 0 Å². The average Bonchev–Trinajstić information content (AvgIpc) is 3.22. The van der Waals surface area contributed by atoms with Crippen LogP contribution in [0.15, 0.2) is 66.0 Å². The van der Waals surface area contributed by atoms with E-state index in [-0.39, 0.29) is 36.7 Å². The number of rotatable bonds is 9. The van der Waals surface area contributed by atoms with Gasteiger partial charge < -0.3 is 20.1 Å². The van der Waals surface area contributed by atoms with E-state index < -0.39 is 0 Å². The lowest BCUT2D eigenvalue weighted by molar-refractivity contribution is -0.136. The van der Waals surface area contributed by atoms with Crippen LogP contribution in [0.5, 0.6) is 0 Å². The lowest BCUT2D eigenvalue weighted by Gasteiger charge is -2.26. The summed E-state index contributed by atoms with van der Waals surface area (Å²) in [5.41, 5.74) is 3.26. The minimum Gasteiger partial charge on any atom is -0.353 e. The van der Waals surface area contributed by atoms with Gasteiger partial charge in [-0.1, -0.05) is 0 Å². The van der Waals surface area contributed by atoms with Crippen molar-refractivity contribution in [1.29, 1.82) is 0 Å². The largest absolute Gasteiger partial charge is 0.353 e. The molecule has 190 valence electrons. The Balaban J connectivity index is 1.54. The number of hydrogen-bond acceptors (Lipinski definition) is 7. The fraction of sp³-hybridized carbons (Fsp3) is 0.231. The summed E-state index contributed by atoms with van der Waals surface area (Å²) >= 11 is 3.26. The minimum absolute atomic E-state index is 0.0195. The van der Waals surface area contributed by atoms with Crippen molar-refractivity contribution >= 4 is 61.5 Å². The molecule has 0 aliphatic heterocycles. The van der Waals surface area contributed by atoms with Gasteiger partial charge in [-0.25, -0.2) is 15.0 Å². The third-order valence-corrected chi connectivity index (χ3v) is 6.15. The van der Waals surface area contributed by atoms with Crippen LogP contribution in [0.3, 0.4) is 0 Å². The number of Topliss-reactive ketones (excluding diaryl/α,β-unsaturated/α-hetero) is 1. The van der Waals surface area contributed by atoms with E-state index >= 15 is 0 Å². The van der Waals surface area contributed by atoms with E-state index in [0.717, 1.165) is 16.6 Å². The second-order valence-corrected chi connectivity index (χ2v) is 9.56. The highest BCUT2D eigenvalue weighted by Gasteiger charge is 2.22. The first-order chi connectivity index (χ1) is 17.7. The monoisotopic (exact) mass is 563 g/mol. The highest BCUT2D eigenvalue weighted by Crippen LogP contribution is 2.27. The number of nitrogens with zero attached hydrogens (tertiary/aromatic N) is 5. The quantitative estimate of drug-likeness (QED) is 0.228. The molecule has 4 aromatic rings. The normalized spacial score (nSPS) is 10.9. The number of nitrogens with one attached hydrogen (secondary N) is 2. The molecule has 2 N–H and O–H groups in total. The van der Waals surface area contributed by atoms with Crippen LogP contribution in [0.4, 0.5) is 17.1 Å². The highest BCUT2D eigenvalue weighted by atomic mass is 79.9. The molecule has 4 rings (SSSR count). The number of carbonyl (C=O) groups is 3. The number of hydrogen-bond donors (Lipinski definition) is 2. The van der Waals surface area contributed by atoms with Crippen molar-refractivity contribution in [2.45, 2.75) is 33.4 Å². The van der Waals surface area contributed by atoms with Crippen LogP contribution in [0.1, 0.15) is 31.1 Å². The molecular weight excluding hydrogens is 538 g/mol. The number of amides is 2. The summed E-state index contributed by atoms with van der Waals surface area (Å²) in [5, 5.41) is 6.70. The molecule has 0 saturated heterocycles. The maximum Gasteiger partial charge on any atom is 0.244 e. The third-order valence-electron chi connectivity index (χ3n) is 5.68. The molecule has 0 atom stereocenters. The summed E-state index contributed by atoms with van der Waals surface area (Å²) in [6, 6.07) is 8.81. The van der Waals surface area contributed by atoms with Crippen LogP contribution in [0, 0.1) is 0 Å². The van der Waals surface area contributed by atoms with Crippen molar-refractivity contribution in [2.24, 2.45) is 0 Å². The lowest BCUT2D eigenvalue weighted by Crippen LogP contribution is -2.43. The summed E-state index contributed by atoms with van der Waals surface area (Å²) in [6.07, 6.45) is 7.97. The zero-order chi connectivity index (χ0) is 26.5. The fourth-order valence-electron chi connectivity index (χ4n) is 3.92. The first-order valence-corrected chi connectivity index (χ1v) is 12.4. The van der Waals surface area contributed by atoms with Crippen molar-refractivity contribution in [2.75, 3.05) is 17.2 Å². The van der Waals surface area contributed by atoms with Gasteiger partial charge in [0.1, 0.15) is 24.0 Å². The van der Waals surface area contributed by atoms with Gasteiger partial charge >= 0.3 is 0 Å². The second-order valence-electron chi connectivity index (χ2n) is 8.74. The summed E-state index contributed by atoms with van der Waals surface area (Å²) < 4.78 is 2.40. The summed E-state index contributed by atoms with van der Waals surface area (Å²) in [4.78, 5) is 52.0. The predicted molar refractivity (Wildman–Crippen MR) is 145 cm³/mol. The molecule has 11 heteroatoms. The molecule has 3 heterocycles. The number of anilines is 3. The maximum absolute atomic E-state index is 13.3. The third kappa shape index (κ3) is 6.36. The first-order valence-electron chi connectivity index (χ1n) is 11.6. The Morgan fingerprint density at radius 3 is 2.41 bits per heavy atom. The number of benzene rings is 1. The Morgan fingerprint density at radius 1 is 1.03 bits per heavy atom. The van der Waals surface area contributed by atoms with Crippen LogP contribution in [0.25, 0.3) is 10.9 Å². The zero-order valence-corrected chi connectivity index (χ0v) is 22.2. The molecule has 3 aromatic heterocycles. The van der Waals surface area contributed by atoms with Crippen molar-refractivity contribution in [1.82, 2.24) is 24.4 Å². The zero-order valence-electron chi connectivity index (χ0n) is 20.6.